The molecule has 0 aliphatic carbocycles. The summed E-state index contributed by atoms with van der Waals surface area (Å²) in [7, 11) is 0. The number of benzene rings is 1. The van der Waals surface area contributed by atoms with Crippen molar-refractivity contribution in [3.63, 3.8) is 0 Å². The molecule has 37 heavy (non-hydrogen) atoms. The smallest absolute Gasteiger partial charge is 0.257 e. The van der Waals surface area contributed by atoms with Crippen LogP contribution in [0, 0.1) is 5.92 Å². The van der Waals surface area contributed by atoms with Crippen LogP contribution in [0.25, 0.3) is 0 Å². The third-order valence-electron chi connectivity index (χ3n) is 8.56. The number of nitrogens with zero attached hydrogens (tertiary/aromatic N) is 1. The molecule has 206 valence electrons. The molecule has 2 amide bonds. The Morgan fingerprint density at radius 3 is 1.76 bits per heavy atom. The van der Waals surface area contributed by atoms with Gasteiger partial charge in [-0.05, 0) is 42.7 Å². The van der Waals surface area contributed by atoms with E-state index in [0.29, 0.717) is 6.54 Å². The van der Waals surface area contributed by atoms with Crippen molar-refractivity contribution >= 4 is 11.8 Å². The van der Waals surface area contributed by atoms with Gasteiger partial charge in [0.1, 0.15) is 0 Å². The minimum absolute atomic E-state index is 0.00260. The first kappa shape index (κ1) is 29.7. The van der Waals surface area contributed by atoms with Crippen molar-refractivity contribution in [3.8, 4) is 0 Å². The second-order valence-corrected chi connectivity index (χ2v) is 11.6. The van der Waals surface area contributed by atoms with Gasteiger partial charge in [0, 0.05) is 11.1 Å². The van der Waals surface area contributed by atoms with E-state index in [1.807, 2.05) is 6.07 Å². The number of hydrogen-bond donors (Lipinski definition) is 0. The third-order valence-corrected chi connectivity index (χ3v) is 8.56. The molecule has 0 N–H and O–H groups in total. The minimum atomic E-state index is -0.00260. The van der Waals surface area contributed by atoms with E-state index in [9.17, 15) is 9.59 Å². The summed E-state index contributed by atoms with van der Waals surface area (Å²) < 4.78 is 0. The fourth-order valence-electron chi connectivity index (χ4n) is 6.28. The van der Waals surface area contributed by atoms with Gasteiger partial charge in [0.25, 0.3) is 11.8 Å². The van der Waals surface area contributed by atoms with Crippen molar-refractivity contribution in [2.45, 2.75) is 149 Å². The Kier molecular flexibility index (Phi) is 13.5. The Balaban J connectivity index is 1.59. The summed E-state index contributed by atoms with van der Waals surface area (Å²) in [6.07, 6.45) is 24.5. The number of unbranched alkanes of at least 4 members (excludes halogenated alkanes) is 15. The number of carbonyl (C=O) groups excluding carboxylic acids is 2. The Hall–Kier alpha value is -1.90. The van der Waals surface area contributed by atoms with Crippen LogP contribution >= 0.6 is 0 Å². The van der Waals surface area contributed by atoms with Gasteiger partial charge in [-0.3, -0.25) is 14.5 Å². The van der Waals surface area contributed by atoms with E-state index in [1.54, 1.807) is 4.90 Å². The fraction of sp³-hybridized carbons (Fsp3) is 0.706. The van der Waals surface area contributed by atoms with E-state index in [0.717, 1.165) is 55.2 Å². The first-order chi connectivity index (χ1) is 18.2. The summed E-state index contributed by atoms with van der Waals surface area (Å²) in [5, 5.41) is 0. The molecular weight excluding hydrogens is 454 g/mol. The van der Waals surface area contributed by atoms with E-state index in [-0.39, 0.29) is 17.7 Å². The van der Waals surface area contributed by atoms with Gasteiger partial charge in [-0.25, -0.2) is 0 Å². The molecule has 0 saturated carbocycles. The van der Waals surface area contributed by atoms with E-state index in [1.165, 1.54) is 95.5 Å². The van der Waals surface area contributed by atoms with Crippen LogP contribution in [-0.4, -0.2) is 16.7 Å². The maximum atomic E-state index is 13.5. The predicted molar refractivity (Wildman–Crippen MR) is 155 cm³/mol. The largest absolute Gasteiger partial charge is 0.270 e. The Bertz CT molecular complexity index is 870. The molecule has 1 unspecified atom stereocenters. The van der Waals surface area contributed by atoms with Gasteiger partial charge < -0.3 is 0 Å². The highest BCUT2D eigenvalue weighted by molar-refractivity contribution is 6.19. The first-order valence-electron chi connectivity index (χ1n) is 15.8. The predicted octanol–water partition coefficient (Wildman–Crippen LogP) is 9.48. The van der Waals surface area contributed by atoms with Crippen molar-refractivity contribution in [3.05, 3.63) is 46.5 Å². The molecule has 2 bridgehead atoms. The summed E-state index contributed by atoms with van der Waals surface area (Å²) >= 11 is 0. The van der Waals surface area contributed by atoms with Crippen LogP contribution in [0.5, 0.6) is 0 Å². The van der Waals surface area contributed by atoms with Crippen molar-refractivity contribution < 1.29 is 9.59 Å². The standard InChI is InChI=1S/C34H53NO2/c1-3-5-7-9-11-13-15-17-19-25-31-32-29(23-18-16-14-12-10-8-6-4-2)26-28-22-20-21-24-30(28)27-35(33(31)36)34(32)37/h20-22,24,29H,3-19,23,25-27H2,1-2H3. The number of amides is 2. The van der Waals surface area contributed by atoms with Crippen molar-refractivity contribution in [1.82, 2.24) is 4.90 Å². The molecule has 0 fully saturated rings. The number of carbonyl (C=O) groups is 2. The lowest BCUT2D eigenvalue weighted by Gasteiger charge is -2.25. The van der Waals surface area contributed by atoms with Gasteiger partial charge in [0.15, 0.2) is 0 Å². The second kappa shape index (κ2) is 16.8. The molecule has 3 nitrogen and oxygen atoms in total. The summed E-state index contributed by atoms with van der Waals surface area (Å²) in [4.78, 5) is 28.6. The zero-order valence-corrected chi connectivity index (χ0v) is 24.0. The molecule has 2 aliphatic heterocycles. The van der Waals surface area contributed by atoms with Crippen LogP contribution in [0.4, 0.5) is 0 Å². The lowest BCUT2D eigenvalue weighted by Crippen LogP contribution is -2.34. The summed E-state index contributed by atoms with van der Waals surface area (Å²) in [6, 6.07) is 8.45. The molecule has 1 aromatic rings. The number of imide groups is 1. The van der Waals surface area contributed by atoms with Gasteiger partial charge >= 0.3 is 0 Å². The molecule has 0 spiro atoms. The molecule has 0 saturated heterocycles. The SMILES string of the molecule is CCCCCCCCCCCC1=C2C(=O)N(Cc3ccccc3CC2CCCCCCCCCC)C1=O. The Morgan fingerprint density at radius 2 is 1.16 bits per heavy atom. The van der Waals surface area contributed by atoms with Crippen molar-refractivity contribution in [1.29, 1.82) is 0 Å². The maximum Gasteiger partial charge on any atom is 0.257 e. The molecule has 0 radical (unpaired) electrons. The molecule has 1 aromatic carbocycles. The van der Waals surface area contributed by atoms with Crippen LogP contribution in [-0.2, 0) is 22.6 Å². The molecular formula is C34H53NO2. The number of rotatable bonds is 19. The molecule has 3 rings (SSSR count). The van der Waals surface area contributed by atoms with Crippen LogP contribution in [0.1, 0.15) is 147 Å². The molecule has 3 heteroatoms. The van der Waals surface area contributed by atoms with E-state index in [2.05, 4.69) is 32.0 Å². The topological polar surface area (TPSA) is 37.4 Å². The molecule has 1 atom stereocenters. The van der Waals surface area contributed by atoms with Crippen LogP contribution in [0.3, 0.4) is 0 Å². The fourth-order valence-corrected chi connectivity index (χ4v) is 6.28. The van der Waals surface area contributed by atoms with E-state index in [4.69, 9.17) is 0 Å². The maximum absolute atomic E-state index is 13.5. The lowest BCUT2D eigenvalue weighted by molar-refractivity contribution is -0.138. The van der Waals surface area contributed by atoms with Gasteiger partial charge in [0.2, 0.25) is 0 Å². The first-order valence-corrected chi connectivity index (χ1v) is 15.8. The van der Waals surface area contributed by atoms with Crippen LogP contribution < -0.4 is 0 Å². The van der Waals surface area contributed by atoms with Crippen LogP contribution in [0.15, 0.2) is 35.4 Å². The van der Waals surface area contributed by atoms with Gasteiger partial charge in [-0.1, -0.05) is 141 Å². The van der Waals surface area contributed by atoms with Crippen molar-refractivity contribution in [2.75, 3.05) is 0 Å². The molecule has 2 heterocycles. The van der Waals surface area contributed by atoms with Crippen LogP contribution in [0.2, 0.25) is 0 Å². The normalized spacial score (nSPS) is 17.4. The highest BCUT2D eigenvalue weighted by Gasteiger charge is 2.42. The highest BCUT2D eigenvalue weighted by Crippen LogP contribution is 2.38. The quantitative estimate of drug-likeness (QED) is 0.138. The molecule has 0 aromatic heterocycles. The van der Waals surface area contributed by atoms with Crippen molar-refractivity contribution in [2.24, 2.45) is 5.92 Å². The Morgan fingerprint density at radius 1 is 0.649 bits per heavy atom. The average molecular weight is 508 g/mol. The number of fused-ring (bicyclic) bond motifs is 3. The minimum Gasteiger partial charge on any atom is -0.270 e. The zero-order chi connectivity index (χ0) is 26.3. The second-order valence-electron chi connectivity index (χ2n) is 11.6. The lowest BCUT2D eigenvalue weighted by atomic mass is 9.82. The summed E-state index contributed by atoms with van der Waals surface area (Å²) in [5.41, 5.74) is 4.19. The summed E-state index contributed by atoms with van der Waals surface area (Å²) in [6.45, 7) is 4.96. The van der Waals surface area contributed by atoms with Gasteiger partial charge in [-0.2, -0.15) is 0 Å². The molecule has 2 aliphatic rings. The summed E-state index contributed by atoms with van der Waals surface area (Å²) in [5.74, 6) is 0.184. The van der Waals surface area contributed by atoms with E-state index >= 15 is 0 Å². The van der Waals surface area contributed by atoms with Gasteiger partial charge in [-0.15, -0.1) is 0 Å². The number of hydrogen-bond acceptors (Lipinski definition) is 2. The van der Waals surface area contributed by atoms with Gasteiger partial charge in [0.05, 0.1) is 6.54 Å². The zero-order valence-electron chi connectivity index (χ0n) is 24.0. The third kappa shape index (κ3) is 9.11. The average Bonchev–Trinajstić information content (AvgIpc) is 3.15. The monoisotopic (exact) mass is 507 g/mol. The Labute approximate surface area is 227 Å². The van der Waals surface area contributed by atoms with E-state index < -0.39 is 0 Å². The highest BCUT2D eigenvalue weighted by atomic mass is 16.2.